The monoisotopic (exact) mass is 250 g/mol. The molecular weight excluding hydrogens is 228 g/mol. The molecule has 0 saturated carbocycles. The van der Waals surface area contributed by atoms with Crippen molar-refractivity contribution in [2.75, 3.05) is 31.3 Å². The van der Waals surface area contributed by atoms with Gasteiger partial charge in [-0.15, -0.1) is 0 Å². The van der Waals surface area contributed by atoms with Gasteiger partial charge in [-0.1, -0.05) is 20.8 Å². The van der Waals surface area contributed by atoms with Crippen LogP contribution < -0.4 is 10.6 Å². The SMILES string of the molecule is COC(=O)c1cc(N)ccc1N(C)CC(C)(C)C. The summed E-state index contributed by atoms with van der Waals surface area (Å²) < 4.78 is 4.79. The number of anilines is 2. The fourth-order valence-electron chi connectivity index (χ4n) is 1.96. The lowest BCUT2D eigenvalue weighted by molar-refractivity contribution is 0.0601. The van der Waals surface area contributed by atoms with Gasteiger partial charge in [-0.25, -0.2) is 4.79 Å². The van der Waals surface area contributed by atoms with E-state index in [9.17, 15) is 4.79 Å². The molecule has 100 valence electrons. The van der Waals surface area contributed by atoms with Crippen LogP contribution in [-0.4, -0.2) is 26.7 Å². The number of carbonyl (C=O) groups excluding carboxylic acids is 1. The first-order valence-corrected chi connectivity index (χ1v) is 5.93. The number of esters is 1. The molecule has 1 aromatic carbocycles. The van der Waals surface area contributed by atoms with Crippen LogP contribution in [0.1, 0.15) is 31.1 Å². The Morgan fingerprint density at radius 3 is 2.50 bits per heavy atom. The number of hydrogen-bond donors (Lipinski definition) is 1. The minimum Gasteiger partial charge on any atom is -0.465 e. The van der Waals surface area contributed by atoms with Gasteiger partial charge in [-0.3, -0.25) is 0 Å². The second-order valence-electron chi connectivity index (χ2n) is 5.68. The average molecular weight is 250 g/mol. The Morgan fingerprint density at radius 2 is 2.00 bits per heavy atom. The van der Waals surface area contributed by atoms with Crippen molar-refractivity contribution in [2.24, 2.45) is 5.41 Å². The predicted octanol–water partition coefficient (Wildman–Crippen LogP) is 2.54. The number of hydrogen-bond acceptors (Lipinski definition) is 4. The van der Waals surface area contributed by atoms with Crippen LogP contribution in [0.25, 0.3) is 0 Å². The van der Waals surface area contributed by atoms with Crippen LogP contribution in [0, 0.1) is 5.41 Å². The molecule has 0 saturated heterocycles. The summed E-state index contributed by atoms with van der Waals surface area (Å²) in [5.74, 6) is -0.363. The number of benzene rings is 1. The molecule has 18 heavy (non-hydrogen) atoms. The van der Waals surface area contributed by atoms with Gasteiger partial charge in [0.25, 0.3) is 0 Å². The van der Waals surface area contributed by atoms with E-state index in [1.807, 2.05) is 18.0 Å². The van der Waals surface area contributed by atoms with E-state index in [0.29, 0.717) is 11.3 Å². The first-order chi connectivity index (χ1) is 8.24. The summed E-state index contributed by atoms with van der Waals surface area (Å²) in [6.45, 7) is 7.29. The zero-order valence-electron chi connectivity index (χ0n) is 11.8. The van der Waals surface area contributed by atoms with Gasteiger partial charge in [0.2, 0.25) is 0 Å². The molecule has 0 heterocycles. The zero-order chi connectivity index (χ0) is 13.9. The molecule has 0 unspecified atom stereocenters. The molecule has 2 N–H and O–H groups in total. The number of ether oxygens (including phenoxy) is 1. The van der Waals surface area contributed by atoms with E-state index in [-0.39, 0.29) is 11.4 Å². The Hall–Kier alpha value is -1.71. The number of rotatable bonds is 3. The Morgan fingerprint density at radius 1 is 1.39 bits per heavy atom. The first kappa shape index (κ1) is 14.4. The van der Waals surface area contributed by atoms with Crippen LogP contribution in [0.15, 0.2) is 18.2 Å². The Balaban J connectivity index is 3.11. The maximum absolute atomic E-state index is 11.8. The lowest BCUT2D eigenvalue weighted by Gasteiger charge is -2.29. The molecule has 1 rings (SSSR count). The molecule has 0 atom stereocenters. The molecule has 0 amide bonds. The minimum absolute atomic E-state index is 0.142. The predicted molar refractivity (Wildman–Crippen MR) is 74.9 cm³/mol. The Labute approximate surface area is 109 Å². The molecule has 0 fully saturated rings. The summed E-state index contributed by atoms with van der Waals surface area (Å²) >= 11 is 0. The molecule has 4 nitrogen and oxygen atoms in total. The molecule has 0 aliphatic carbocycles. The quantitative estimate of drug-likeness (QED) is 0.661. The van der Waals surface area contributed by atoms with E-state index in [2.05, 4.69) is 20.8 Å². The van der Waals surface area contributed by atoms with Gasteiger partial charge in [0, 0.05) is 19.3 Å². The standard InChI is InChI=1S/C14H22N2O2/c1-14(2,3)9-16(4)12-7-6-10(15)8-11(12)13(17)18-5/h6-8H,9,15H2,1-5H3. The van der Waals surface area contributed by atoms with Crippen molar-refractivity contribution in [1.29, 1.82) is 0 Å². The number of nitrogen functional groups attached to an aromatic ring is 1. The summed E-state index contributed by atoms with van der Waals surface area (Å²) in [7, 11) is 3.34. The van der Waals surface area contributed by atoms with Crippen LogP contribution in [0.4, 0.5) is 11.4 Å². The van der Waals surface area contributed by atoms with Gasteiger partial charge in [0.1, 0.15) is 0 Å². The number of nitrogens with zero attached hydrogens (tertiary/aromatic N) is 1. The minimum atomic E-state index is -0.363. The van der Waals surface area contributed by atoms with Crippen molar-refractivity contribution in [2.45, 2.75) is 20.8 Å². The summed E-state index contributed by atoms with van der Waals surface area (Å²) in [5.41, 5.74) is 7.76. The van der Waals surface area contributed by atoms with E-state index in [1.54, 1.807) is 12.1 Å². The van der Waals surface area contributed by atoms with Crippen molar-refractivity contribution in [1.82, 2.24) is 0 Å². The largest absolute Gasteiger partial charge is 0.465 e. The second-order valence-corrected chi connectivity index (χ2v) is 5.68. The molecule has 0 bridgehead atoms. The maximum Gasteiger partial charge on any atom is 0.340 e. The van der Waals surface area contributed by atoms with Gasteiger partial charge in [0.15, 0.2) is 0 Å². The van der Waals surface area contributed by atoms with Crippen molar-refractivity contribution in [3.63, 3.8) is 0 Å². The molecular formula is C14H22N2O2. The molecule has 0 spiro atoms. The Kier molecular flexibility index (Phi) is 4.22. The van der Waals surface area contributed by atoms with Gasteiger partial charge in [-0.05, 0) is 23.6 Å². The third-order valence-electron chi connectivity index (χ3n) is 2.55. The third kappa shape index (κ3) is 3.65. The lowest BCUT2D eigenvalue weighted by Crippen LogP contribution is -2.30. The highest BCUT2D eigenvalue weighted by Crippen LogP contribution is 2.26. The summed E-state index contributed by atoms with van der Waals surface area (Å²) in [6.07, 6.45) is 0. The van der Waals surface area contributed by atoms with E-state index in [1.165, 1.54) is 7.11 Å². The topological polar surface area (TPSA) is 55.6 Å². The maximum atomic E-state index is 11.8. The van der Waals surface area contributed by atoms with Crippen LogP contribution in [0.5, 0.6) is 0 Å². The molecule has 1 aromatic rings. The average Bonchev–Trinajstić information content (AvgIpc) is 2.25. The van der Waals surface area contributed by atoms with Gasteiger partial charge < -0.3 is 15.4 Å². The lowest BCUT2D eigenvalue weighted by atomic mass is 9.95. The van der Waals surface area contributed by atoms with Crippen LogP contribution in [0.3, 0.4) is 0 Å². The number of nitrogens with two attached hydrogens (primary N) is 1. The van der Waals surface area contributed by atoms with E-state index in [4.69, 9.17) is 10.5 Å². The molecule has 4 heteroatoms. The van der Waals surface area contributed by atoms with Gasteiger partial charge in [-0.2, -0.15) is 0 Å². The van der Waals surface area contributed by atoms with E-state index < -0.39 is 0 Å². The fourth-order valence-corrected chi connectivity index (χ4v) is 1.96. The van der Waals surface area contributed by atoms with Gasteiger partial charge in [0.05, 0.1) is 18.4 Å². The number of carbonyl (C=O) groups is 1. The van der Waals surface area contributed by atoms with Crippen molar-refractivity contribution in [3.05, 3.63) is 23.8 Å². The normalized spacial score (nSPS) is 11.2. The van der Waals surface area contributed by atoms with Crippen molar-refractivity contribution >= 4 is 17.3 Å². The summed E-state index contributed by atoms with van der Waals surface area (Å²) in [6, 6.07) is 5.30. The smallest absolute Gasteiger partial charge is 0.340 e. The second kappa shape index (κ2) is 5.29. The summed E-state index contributed by atoms with van der Waals surface area (Å²) in [4.78, 5) is 13.8. The van der Waals surface area contributed by atoms with E-state index >= 15 is 0 Å². The highest BCUT2D eigenvalue weighted by molar-refractivity contribution is 5.96. The Bertz CT molecular complexity index is 436. The van der Waals surface area contributed by atoms with Gasteiger partial charge >= 0.3 is 5.97 Å². The number of methoxy groups -OCH3 is 1. The van der Waals surface area contributed by atoms with Crippen molar-refractivity contribution in [3.8, 4) is 0 Å². The molecule has 0 aliphatic rings. The van der Waals surface area contributed by atoms with Crippen LogP contribution >= 0.6 is 0 Å². The highest BCUT2D eigenvalue weighted by Gasteiger charge is 2.19. The van der Waals surface area contributed by atoms with E-state index in [0.717, 1.165) is 12.2 Å². The van der Waals surface area contributed by atoms with Crippen LogP contribution in [0.2, 0.25) is 0 Å². The molecule has 0 aliphatic heterocycles. The molecule has 0 aromatic heterocycles. The van der Waals surface area contributed by atoms with Crippen molar-refractivity contribution < 1.29 is 9.53 Å². The van der Waals surface area contributed by atoms with Crippen LogP contribution in [-0.2, 0) is 4.74 Å². The summed E-state index contributed by atoms with van der Waals surface area (Å²) in [5, 5.41) is 0. The third-order valence-corrected chi connectivity index (χ3v) is 2.55. The highest BCUT2D eigenvalue weighted by atomic mass is 16.5. The molecule has 0 radical (unpaired) electrons. The zero-order valence-corrected chi connectivity index (χ0v) is 11.8. The fraction of sp³-hybridized carbons (Fsp3) is 0.500. The first-order valence-electron chi connectivity index (χ1n) is 5.93.